The summed E-state index contributed by atoms with van der Waals surface area (Å²) in [6.45, 7) is 1.87. The first-order chi connectivity index (χ1) is 13.3. The molecule has 0 spiro atoms. The minimum Gasteiger partial charge on any atom is -0.445 e. The second kappa shape index (κ2) is 10.4. The summed E-state index contributed by atoms with van der Waals surface area (Å²) < 4.78 is 57.3. The van der Waals surface area contributed by atoms with Crippen LogP contribution in [0.1, 0.15) is 18.1 Å². The number of ether oxygens (including phenoxy) is 1. The van der Waals surface area contributed by atoms with Gasteiger partial charge in [0, 0.05) is 6.04 Å². The van der Waals surface area contributed by atoms with Gasteiger partial charge < -0.3 is 19.1 Å². The maximum Gasteiger partial charge on any atom is 0.529 e. The lowest BCUT2D eigenvalue weighted by Crippen LogP contribution is -2.34. The lowest BCUT2D eigenvalue weighted by molar-refractivity contribution is 0.136. The van der Waals surface area contributed by atoms with Gasteiger partial charge in [-0.15, -0.1) is 0 Å². The topological polar surface area (TPSA) is 125 Å². The van der Waals surface area contributed by atoms with Crippen molar-refractivity contribution in [3.05, 3.63) is 59.7 Å². The van der Waals surface area contributed by atoms with E-state index in [-0.39, 0.29) is 24.1 Å². The zero-order valence-corrected chi connectivity index (χ0v) is 16.6. The van der Waals surface area contributed by atoms with Gasteiger partial charge in [0.15, 0.2) is 11.5 Å². The van der Waals surface area contributed by atoms with Gasteiger partial charge in [-0.25, -0.2) is 4.79 Å². The summed E-state index contributed by atoms with van der Waals surface area (Å²) in [6.07, 6.45) is -0.283. The fraction of sp³-hybridized carbons (Fsp3) is 0.235. The first-order valence-corrected chi connectivity index (χ1v) is 10.3. The fourth-order valence-electron chi connectivity index (χ4n) is 2.36. The van der Waals surface area contributed by atoms with Gasteiger partial charge in [0.05, 0.1) is 0 Å². The van der Waals surface area contributed by atoms with Gasteiger partial charge in [-0.05, 0) is 36.6 Å². The Labute approximate surface area is 161 Å². The SMILES string of the molecule is C[C@H](Cc1ccc(OP(=O)=O)c(OP(=O)=O)c1)NC(=O)OCc1ccccc1. The van der Waals surface area contributed by atoms with E-state index in [0.29, 0.717) is 12.0 Å². The van der Waals surface area contributed by atoms with Gasteiger partial charge in [-0.1, -0.05) is 36.4 Å². The highest BCUT2D eigenvalue weighted by Gasteiger charge is 2.14. The van der Waals surface area contributed by atoms with Crippen molar-refractivity contribution >= 4 is 21.9 Å². The molecule has 2 aromatic carbocycles. The van der Waals surface area contributed by atoms with Gasteiger partial charge in [-0.2, -0.15) is 18.3 Å². The Morgan fingerprint density at radius 2 is 1.57 bits per heavy atom. The van der Waals surface area contributed by atoms with Gasteiger partial charge in [0.1, 0.15) is 6.61 Å². The van der Waals surface area contributed by atoms with Crippen molar-refractivity contribution in [2.24, 2.45) is 0 Å². The van der Waals surface area contributed by atoms with Crippen LogP contribution in [-0.2, 0) is 36.0 Å². The molecule has 0 aromatic heterocycles. The first-order valence-electron chi connectivity index (χ1n) is 8.08. The minimum atomic E-state index is -3.26. The Hall–Kier alpha value is -2.89. The molecule has 0 aliphatic rings. The van der Waals surface area contributed by atoms with E-state index in [1.54, 1.807) is 6.92 Å². The zero-order valence-electron chi connectivity index (χ0n) is 14.8. The van der Waals surface area contributed by atoms with E-state index in [1.165, 1.54) is 18.2 Å². The summed E-state index contributed by atoms with van der Waals surface area (Å²) in [4.78, 5) is 11.9. The summed E-state index contributed by atoms with van der Waals surface area (Å²) in [5.41, 5.74) is 1.45. The Kier molecular flexibility index (Phi) is 7.99. The largest absolute Gasteiger partial charge is 0.529 e. The number of amides is 1. The molecule has 0 aliphatic heterocycles. The summed E-state index contributed by atoms with van der Waals surface area (Å²) in [5.74, 6) is -0.506. The van der Waals surface area contributed by atoms with Gasteiger partial charge in [-0.3, -0.25) is 0 Å². The first kappa shape index (κ1) is 21.4. The number of alkyl carbamates (subject to hydrolysis) is 1. The normalized spacial score (nSPS) is 11.2. The van der Waals surface area contributed by atoms with Crippen molar-refractivity contribution in [1.29, 1.82) is 0 Å². The highest BCUT2D eigenvalue weighted by Crippen LogP contribution is 2.35. The van der Waals surface area contributed by atoms with Crippen molar-refractivity contribution in [2.45, 2.75) is 26.0 Å². The van der Waals surface area contributed by atoms with Gasteiger partial charge in [0.25, 0.3) is 0 Å². The molecule has 0 aliphatic carbocycles. The van der Waals surface area contributed by atoms with E-state index < -0.39 is 21.9 Å². The van der Waals surface area contributed by atoms with Crippen LogP contribution in [-0.4, -0.2) is 12.1 Å². The van der Waals surface area contributed by atoms with Crippen molar-refractivity contribution in [3.63, 3.8) is 0 Å². The van der Waals surface area contributed by atoms with E-state index in [4.69, 9.17) is 4.74 Å². The molecule has 9 nitrogen and oxygen atoms in total. The summed E-state index contributed by atoms with van der Waals surface area (Å²) in [5, 5.41) is 2.66. The van der Waals surface area contributed by atoms with Gasteiger partial charge >= 0.3 is 21.9 Å². The molecule has 11 heteroatoms. The minimum absolute atomic E-state index is 0.132. The van der Waals surface area contributed by atoms with E-state index in [1.807, 2.05) is 30.3 Å². The van der Waals surface area contributed by atoms with Gasteiger partial charge in [0.2, 0.25) is 0 Å². The summed E-state index contributed by atoms with van der Waals surface area (Å²) in [7, 11) is -6.49. The average Bonchev–Trinajstić information content (AvgIpc) is 2.62. The highest BCUT2D eigenvalue weighted by atomic mass is 31.1. The van der Waals surface area contributed by atoms with Crippen LogP contribution in [0.5, 0.6) is 11.5 Å². The summed E-state index contributed by atoms with van der Waals surface area (Å²) >= 11 is 0. The lowest BCUT2D eigenvalue weighted by Gasteiger charge is -2.15. The zero-order chi connectivity index (χ0) is 20.5. The Morgan fingerprint density at radius 1 is 0.929 bits per heavy atom. The molecule has 0 heterocycles. The number of nitrogens with one attached hydrogen (secondary N) is 1. The molecule has 1 atom stereocenters. The molecule has 2 rings (SSSR count). The fourth-order valence-corrected chi connectivity index (χ4v) is 2.97. The lowest BCUT2D eigenvalue weighted by atomic mass is 10.1. The van der Waals surface area contributed by atoms with Crippen LogP contribution >= 0.6 is 15.8 Å². The predicted molar refractivity (Wildman–Crippen MR) is 97.2 cm³/mol. The number of rotatable bonds is 9. The van der Waals surface area contributed by atoms with Crippen molar-refractivity contribution < 1.29 is 36.8 Å². The number of hydrogen-bond acceptors (Lipinski definition) is 8. The number of hydrogen-bond donors (Lipinski definition) is 1. The van der Waals surface area contributed by atoms with E-state index in [0.717, 1.165) is 5.56 Å². The van der Waals surface area contributed by atoms with E-state index >= 15 is 0 Å². The Morgan fingerprint density at radius 3 is 2.21 bits per heavy atom. The molecule has 0 saturated carbocycles. The molecule has 0 unspecified atom stereocenters. The third-order valence-corrected chi connectivity index (χ3v) is 4.16. The molecule has 1 amide bonds. The Bertz CT molecular complexity index is 941. The standard InChI is InChI=1S/C17H17NO8P2/c1-12(18-17(19)24-11-13-5-3-2-4-6-13)9-14-7-8-15(25-27(20)21)16(10-14)26-28(22)23/h2-8,10,12H,9,11H2,1H3,(H,18,19)/t12-/m1/s1. The third-order valence-electron chi connectivity index (χ3n) is 3.47. The van der Waals surface area contributed by atoms with Crippen LogP contribution in [0.2, 0.25) is 0 Å². The number of carbonyl (C=O) groups excluding carboxylic acids is 1. The molecule has 148 valence electrons. The van der Waals surface area contributed by atoms with Crippen molar-refractivity contribution in [1.82, 2.24) is 5.32 Å². The van der Waals surface area contributed by atoms with Crippen LogP contribution in [0.15, 0.2) is 48.5 Å². The summed E-state index contributed by atoms with van der Waals surface area (Å²) in [6, 6.07) is 13.0. The van der Waals surface area contributed by atoms with Crippen LogP contribution in [0.3, 0.4) is 0 Å². The number of benzene rings is 2. The second-order valence-electron chi connectivity index (χ2n) is 5.72. The molecule has 2 aromatic rings. The molecule has 28 heavy (non-hydrogen) atoms. The second-order valence-corrected chi connectivity index (χ2v) is 6.98. The van der Waals surface area contributed by atoms with Crippen LogP contribution in [0.4, 0.5) is 4.79 Å². The monoisotopic (exact) mass is 425 g/mol. The Balaban J connectivity index is 1.96. The molecule has 0 saturated heterocycles. The molecule has 0 bridgehead atoms. The molecule has 0 fully saturated rings. The smallest absolute Gasteiger partial charge is 0.445 e. The molecular weight excluding hydrogens is 408 g/mol. The third kappa shape index (κ3) is 7.39. The molecule has 0 radical (unpaired) electrons. The number of carbonyl (C=O) groups is 1. The maximum atomic E-state index is 11.9. The maximum absolute atomic E-state index is 11.9. The average molecular weight is 425 g/mol. The van der Waals surface area contributed by atoms with E-state index in [9.17, 15) is 23.1 Å². The van der Waals surface area contributed by atoms with Crippen molar-refractivity contribution in [2.75, 3.05) is 0 Å². The highest BCUT2D eigenvalue weighted by molar-refractivity contribution is 7.25. The van der Waals surface area contributed by atoms with Crippen LogP contribution < -0.4 is 14.4 Å². The van der Waals surface area contributed by atoms with Crippen LogP contribution in [0.25, 0.3) is 0 Å². The van der Waals surface area contributed by atoms with E-state index in [2.05, 4.69) is 14.4 Å². The van der Waals surface area contributed by atoms with Crippen molar-refractivity contribution in [3.8, 4) is 11.5 Å². The molecular formula is C17H17NO8P2. The predicted octanol–water partition coefficient (Wildman–Crippen LogP) is 4.48. The molecule has 1 N–H and O–H groups in total. The quantitative estimate of drug-likeness (QED) is 0.583. The van der Waals surface area contributed by atoms with Crippen LogP contribution in [0, 0.1) is 0 Å².